The Hall–Kier alpha value is -0.120. The number of hydrogen-bond donors (Lipinski definition) is 2. The van der Waals surface area contributed by atoms with Crippen molar-refractivity contribution < 1.29 is 10.2 Å². The van der Waals surface area contributed by atoms with Crippen LogP contribution in [0, 0.1) is 5.92 Å². The lowest BCUT2D eigenvalue weighted by atomic mass is 9.98. The molecule has 0 spiro atoms. The van der Waals surface area contributed by atoms with Gasteiger partial charge in [-0.1, -0.05) is 0 Å². The number of hydrogen-bond acceptors (Lipinski definition) is 3. The summed E-state index contributed by atoms with van der Waals surface area (Å²) in [6, 6.07) is 0. The topological polar surface area (TPSA) is 43.7 Å². The van der Waals surface area contributed by atoms with Gasteiger partial charge >= 0.3 is 0 Å². The van der Waals surface area contributed by atoms with Crippen LogP contribution in [-0.2, 0) is 0 Å². The van der Waals surface area contributed by atoms with Crippen LogP contribution in [0.25, 0.3) is 0 Å². The lowest BCUT2D eigenvalue weighted by Crippen LogP contribution is -2.36. The molecule has 68 valence electrons. The molecular weight excluding hydrogens is 142 g/mol. The second-order valence-electron chi connectivity index (χ2n) is 3.41. The molecule has 0 fully saturated rings. The highest BCUT2D eigenvalue weighted by molar-refractivity contribution is 4.72. The average Bonchev–Trinajstić information content (AvgIpc) is 1.81. The van der Waals surface area contributed by atoms with Gasteiger partial charge in [0.2, 0.25) is 0 Å². The van der Waals surface area contributed by atoms with E-state index >= 15 is 0 Å². The molecule has 0 aliphatic heterocycles. The van der Waals surface area contributed by atoms with Crippen molar-refractivity contribution in [3.8, 4) is 0 Å². The molecule has 0 saturated heterocycles. The van der Waals surface area contributed by atoms with Gasteiger partial charge in [-0.05, 0) is 27.9 Å². The molecule has 0 amide bonds. The third kappa shape index (κ3) is 4.35. The molecule has 0 heterocycles. The number of aliphatic hydroxyl groups excluding tert-OH is 2. The van der Waals surface area contributed by atoms with E-state index in [-0.39, 0.29) is 5.92 Å². The van der Waals surface area contributed by atoms with Crippen LogP contribution in [0.15, 0.2) is 0 Å². The van der Waals surface area contributed by atoms with Crippen molar-refractivity contribution in [3.05, 3.63) is 0 Å². The van der Waals surface area contributed by atoms with Crippen LogP contribution >= 0.6 is 0 Å². The van der Waals surface area contributed by atoms with Gasteiger partial charge in [0.25, 0.3) is 0 Å². The molecule has 0 aliphatic rings. The molecule has 11 heavy (non-hydrogen) atoms. The Labute approximate surface area is 68.6 Å². The van der Waals surface area contributed by atoms with Crippen LogP contribution in [0.2, 0.25) is 0 Å². The Bertz CT molecular complexity index is 94.3. The summed E-state index contributed by atoms with van der Waals surface area (Å²) < 4.78 is 0. The van der Waals surface area contributed by atoms with E-state index < -0.39 is 12.2 Å². The van der Waals surface area contributed by atoms with Crippen molar-refractivity contribution >= 4 is 0 Å². The van der Waals surface area contributed by atoms with Crippen molar-refractivity contribution in [1.29, 1.82) is 0 Å². The van der Waals surface area contributed by atoms with Gasteiger partial charge in [0, 0.05) is 12.5 Å². The maximum absolute atomic E-state index is 9.24. The third-order valence-electron chi connectivity index (χ3n) is 1.82. The minimum Gasteiger partial charge on any atom is -0.393 e. The first-order valence-corrected chi connectivity index (χ1v) is 3.96. The molecule has 3 nitrogen and oxygen atoms in total. The fourth-order valence-corrected chi connectivity index (χ4v) is 1.13. The highest BCUT2D eigenvalue weighted by Gasteiger charge is 2.20. The van der Waals surface area contributed by atoms with Crippen LogP contribution in [0.3, 0.4) is 0 Å². The van der Waals surface area contributed by atoms with Gasteiger partial charge in [0.15, 0.2) is 0 Å². The predicted octanol–water partition coefficient (Wildman–Crippen LogP) is -0.0742. The predicted molar refractivity (Wildman–Crippen MR) is 45.4 cm³/mol. The summed E-state index contributed by atoms with van der Waals surface area (Å²) in [6.45, 7) is 4.14. The summed E-state index contributed by atoms with van der Waals surface area (Å²) in [4.78, 5) is 1.96. The minimum atomic E-state index is -0.447. The van der Waals surface area contributed by atoms with E-state index in [4.69, 9.17) is 0 Å². The van der Waals surface area contributed by atoms with E-state index in [0.29, 0.717) is 0 Å². The van der Waals surface area contributed by atoms with Gasteiger partial charge in [0.1, 0.15) is 0 Å². The Balaban J connectivity index is 3.90. The zero-order valence-electron chi connectivity index (χ0n) is 7.78. The second kappa shape index (κ2) is 4.70. The van der Waals surface area contributed by atoms with Crippen molar-refractivity contribution in [3.63, 3.8) is 0 Å². The van der Waals surface area contributed by atoms with Gasteiger partial charge in [-0.3, -0.25) is 0 Å². The van der Waals surface area contributed by atoms with E-state index in [1.807, 2.05) is 19.0 Å². The standard InChI is InChI=1S/C8H19NO2/c1-6(10)8(7(2)11)5-9(3)4/h6-8,10-11H,5H2,1-4H3. The van der Waals surface area contributed by atoms with Crippen LogP contribution < -0.4 is 0 Å². The average molecular weight is 161 g/mol. The molecule has 0 aromatic rings. The summed E-state index contributed by atoms with van der Waals surface area (Å²) in [7, 11) is 3.86. The normalized spacial score (nSPS) is 19.9. The monoisotopic (exact) mass is 161 g/mol. The molecule has 0 aromatic carbocycles. The summed E-state index contributed by atoms with van der Waals surface area (Å²) in [6.07, 6.45) is -0.894. The van der Waals surface area contributed by atoms with Gasteiger partial charge in [-0.25, -0.2) is 0 Å². The lowest BCUT2D eigenvalue weighted by Gasteiger charge is -2.25. The SMILES string of the molecule is CC(O)C(CN(C)C)C(C)O. The maximum Gasteiger partial charge on any atom is 0.0577 e. The van der Waals surface area contributed by atoms with Gasteiger partial charge in [-0.15, -0.1) is 0 Å². The maximum atomic E-state index is 9.24. The van der Waals surface area contributed by atoms with E-state index in [2.05, 4.69) is 0 Å². The van der Waals surface area contributed by atoms with E-state index in [1.54, 1.807) is 13.8 Å². The molecular formula is C8H19NO2. The smallest absolute Gasteiger partial charge is 0.0577 e. The zero-order chi connectivity index (χ0) is 9.02. The van der Waals surface area contributed by atoms with Crippen LogP contribution in [0.5, 0.6) is 0 Å². The van der Waals surface area contributed by atoms with Crippen molar-refractivity contribution in [2.45, 2.75) is 26.1 Å². The van der Waals surface area contributed by atoms with Crippen molar-refractivity contribution in [1.82, 2.24) is 4.90 Å². The zero-order valence-corrected chi connectivity index (χ0v) is 7.78. The molecule has 2 atom stereocenters. The number of aliphatic hydroxyl groups is 2. The molecule has 0 saturated carbocycles. The summed E-state index contributed by atoms with van der Waals surface area (Å²) in [5.74, 6) is -0.0509. The fourth-order valence-electron chi connectivity index (χ4n) is 1.13. The second-order valence-corrected chi connectivity index (χ2v) is 3.41. The largest absolute Gasteiger partial charge is 0.393 e. The van der Waals surface area contributed by atoms with Gasteiger partial charge in [0.05, 0.1) is 12.2 Å². The minimum absolute atomic E-state index is 0.0509. The summed E-state index contributed by atoms with van der Waals surface area (Å²) >= 11 is 0. The van der Waals surface area contributed by atoms with Crippen LogP contribution in [0.1, 0.15) is 13.8 Å². The van der Waals surface area contributed by atoms with Gasteiger partial charge < -0.3 is 15.1 Å². The molecule has 0 bridgehead atoms. The van der Waals surface area contributed by atoms with Crippen molar-refractivity contribution in [2.24, 2.45) is 5.92 Å². The Morgan fingerprint density at radius 2 is 1.45 bits per heavy atom. The molecule has 3 heteroatoms. The Morgan fingerprint density at radius 3 is 1.55 bits per heavy atom. The van der Waals surface area contributed by atoms with E-state index in [9.17, 15) is 10.2 Å². The quantitative estimate of drug-likeness (QED) is 0.606. The summed E-state index contributed by atoms with van der Waals surface area (Å²) in [5.41, 5.74) is 0. The van der Waals surface area contributed by atoms with Crippen LogP contribution in [-0.4, -0.2) is 48.0 Å². The van der Waals surface area contributed by atoms with Gasteiger partial charge in [-0.2, -0.15) is 0 Å². The molecule has 0 rings (SSSR count). The number of nitrogens with zero attached hydrogens (tertiary/aromatic N) is 1. The first-order valence-electron chi connectivity index (χ1n) is 3.96. The number of rotatable bonds is 4. The molecule has 2 unspecified atom stereocenters. The first-order chi connectivity index (χ1) is 4.95. The highest BCUT2D eigenvalue weighted by atomic mass is 16.3. The lowest BCUT2D eigenvalue weighted by molar-refractivity contribution is 0.0185. The molecule has 0 aromatic heterocycles. The van der Waals surface area contributed by atoms with Crippen molar-refractivity contribution in [2.75, 3.05) is 20.6 Å². The fraction of sp³-hybridized carbons (Fsp3) is 1.00. The van der Waals surface area contributed by atoms with E-state index in [1.165, 1.54) is 0 Å². The molecule has 0 radical (unpaired) electrons. The third-order valence-corrected chi connectivity index (χ3v) is 1.82. The van der Waals surface area contributed by atoms with Crippen LogP contribution in [0.4, 0.5) is 0 Å². The first kappa shape index (κ1) is 10.9. The molecule has 0 aliphatic carbocycles. The Morgan fingerprint density at radius 1 is 1.09 bits per heavy atom. The summed E-state index contributed by atoms with van der Waals surface area (Å²) in [5, 5.41) is 18.5. The molecule has 2 N–H and O–H groups in total. The van der Waals surface area contributed by atoms with E-state index in [0.717, 1.165) is 6.54 Å². The Kier molecular flexibility index (Phi) is 4.65. The highest BCUT2D eigenvalue weighted by Crippen LogP contribution is 2.09.